The topological polar surface area (TPSA) is 76.7 Å². The molecular weight excluding hydrogens is 462 g/mol. The van der Waals surface area contributed by atoms with E-state index in [0.717, 1.165) is 10.0 Å². The van der Waals surface area contributed by atoms with Crippen molar-refractivity contribution in [3.8, 4) is 0 Å². The van der Waals surface area contributed by atoms with Gasteiger partial charge in [-0.15, -0.1) is 0 Å². The van der Waals surface area contributed by atoms with Gasteiger partial charge in [0.2, 0.25) is 5.91 Å². The number of fused-ring (bicyclic) bond motifs is 1. The van der Waals surface area contributed by atoms with Gasteiger partial charge in [-0.2, -0.15) is 0 Å². The number of likely N-dealkylation sites (N-methyl/N-ethyl adjacent to an activating group) is 1. The third kappa shape index (κ3) is 4.46. The summed E-state index contributed by atoms with van der Waals surface area (Å²) >= 11 is 3.47. The fraction of sp³-hybridized carbons (Fsp3) is 0.391. The Balaban J connectivity index is 1.65. The molecule has 2 aromatic carbocycles. The second kappa shape index (κ2) is 8.98. The Labute approximate surface area is 189 Å². The van der Waals surface area contributed by atoms with Gasteiger partial charge in [-0.3, -0.25) is 9.36 Å². The van der Waals surface area contributed by atoms with E-state index in [4.69, 9.17) is 9.15 Å². The smallest absolute Gasteiger partial charge is 0.408 e. The standard InChI is InChI=1S/C23H26BrN3O4/c1-26(2)11-12-27-19-15-18(7-8-20(19)31-22(27)29)25-21(28)23(9-13-30-14-10-23)16-3-5-17(24)6-4-16/h3-8,15H,9-14H2,1-2H3,(H,25,28). The first kappa shape index (κ1) is 21.8. The first-order valence-corrected chi connectivity index (χ1v) is 11.1. The number of halogens is 1. The van der Waals surface area contributed by atoms with Crippen LogP contribution in [0.5, 0.6) is 0 Å². The van der Waals surface area contributed by atoms with Crippen molar-refractivity contribution in [3.05, 3.63) is 63.1 Å². The average Bonchev–Trinajstić information content (AvgIpc) is 3.07. The molecule has 2 heterocycles. The van der Waals surface area contributed by atoms with Crippen LogP contribution in [-0.4, -0.2) is 49.2 Å². The fourth-order valence-electron chi connectivity index (χ4n) is 4.04. The lowest BCUT2D eigenvalue weighted by Crippen LogP contribution is -2.44. The van der Waals surface area contributed by atoms with Crippen molar-refractivity contribution in [2.75, 3.05) is 39.2 Å². The molecule has 0 radical (unpaired) electrons. The Hall–Kier alpha value is -2.42. The number of hydrogen-bond acceptors (Lipinski definition) is 5. The number of rotatable bonds is 6. The molecule has 31 heavy (non-hydrogen) atoms. The molecule has 0 spiro atoms. The molecule has 8 heteroatoms. The molecule has 0 aliphatic carbocycles. The van der Waals surface area contributed by atoms with Crippen molar-refractivity contribution < 1.29 is 13.9 Å². The number of hydrogen-bond donors (Lipinski definition) is 1. The molecular formula is C23H26BrN3O4. The number of nitrogens with one attached hydrogen (secondary N) is 1. The monoisotopic (exact) mass is 487 g/mol. The maximum absolute atomic E-state index is 13.5. The largest absolute Gasteiger partial charge is 0.419 e. The average molecular weight is 488 g/mol. The van der Waals surface area contributed by atoms with Gasteiger partial charge in [0.1, 0.15) is 0 Å². The summed E-state index contributed by atoms with van der Waals surface area (Å²) in [5.41, 5.74) is 2.14. The summed E-state index contributed by atoms with van der Waals surface area (Å²) in [6.45, 7) is 2.29. The molecule has 7 nitrogen and oxygen atoms in total. The zero-order chi connectivity index (χ0) is 22.0. The summed E-state index contributed by atoms with van der Waals surface area (Å²) < 4.78 is 13.5. The van der Waals surface area contributed by atoms with Crippen LogP contribution in [0.2, 0.25) is 0 Å². The number of aromatic nitrogens is 1. The predicted molar refractivity (Wildman–Crippen MR) is 124 cm³/mol. The second-order valence-electron chi connectivity index (χ2n) is 8.16. The Bertz CT molecular complexity index is 1130. The molecule has 1 amide bonds. The lowest BCUT2D eigenvalue weighted by molar-refractivity contribution is -0.125. The minimum Gasteiger partial charge on any atom is -0.408 e. The van der Waals surface area contributed by atoms with Crippen LogP contribution >= 0.6 is 15.9 Å². The van der Waals surface area contributed by atoms with Gasteiger partial charge in [0, 0.05) is 36.5 Å². The fourth-order valence-corrected chi connectivity index (χ4v) is 4.30. The van der Waals surface area contributed by atoms with Crippen molar-refractivity contribution in [2.45, 2.75) is 24.8 Å². The minimum atomic E-state index is -0.658. The second-order valence-corrected chi connectivity index (χ2v) is 9.08. The highest BCUT2D eigenvalue weighted by Gasteiger charge is 2.41. The van der Waals surface area contributed by atoms with Crippen molar-refractivity contribution in [3.63, 3.8) is 0 Å². The normalized spacial score (nSPS) is 16.0. The number of ether oxygens (including phenoxy) is 1. The van der Waals surface area contributed by atoms with Gasteiger partial charge in [-0.1, -0.05) is 28.1 Å². The lowest BCUT2D eigenvalue weighted by Gasteiger charge is -2.36. The summed E-state index contributed by atoms with van der Waals surface area (Å²) in [5.74, 6) is -0.459. The van der Waals surface area contributed by atoms with Crippen LogP contribution in [0.15, 0.2) is 56.1 Å². The minimum absolute atomic E-state index is 0.0665. The van der Waals surface area contributed by atoms with Gasteiger partial charge in [0.25, 0.3) is 0 Å². The molecule has 0 atom stereocenters. The SMILES string of the molecule is CN(C)CCn1c(=O)oc2ccc(NC(=O)C3(c4ccc(Br)cc4)CCOCC3)cc21. The van der Waals surface area contributed by atoms with E-state index in [1.54, 1.807) is 16.7 Å². The number of carbonyl (C=O) groups excluding carboxylic acids is 1. The molecule has 1 aliphatic rings. The number of amides is 1. The number of oxazole rings is 1. The van der Waals surface area contributed by atoms with E-state index in [-0.39, 0.29) is 5.91 Å². The van der Waals surface area contributed by atoms with E-state index in [1.165, 1.54) is 0 Å². The number of anilines is 1. The third-order valence-corrected chi connectivity index (χ3v) is 6.40. The quantitative estimate of drug-likeness (QED) is 0.574. The molecule has 1 saturated heterocycles. The zero-order valence-corrected chi connectivity index (χ0v) is 19.3. The molecule has 4 rings (SSSR count). The molecule has 1 aliphatic heterocycles. The summed E-state index contributed by atoms with van der Waals surface area (Å²) in [5, 5.41) is 3.09. The van der Waals surface area contributed by atoms with Crippen LogP contribution < -0.4 is 11.1 Å². The maximum atomic E-state index is 13.5. The molecule has 0 bridgehead atoms. The van der Waals surface area contributed by atoms with Crippen LogP contribution in [0.4, 0.5) is 5.69 Å². The highest BCUT2D eigenvalue weighted by atomic mass is 79.9. The van der Waals surface area contributed by atoms with E-state index in [2.05, 4.69) is 21.2 Å². The summed E-state index contributed by atoms with van der Waals surface area (Å²) in [4.78, 5) is 27.8. The number of carbonyl (C=O) groups is 1. The van der Waals surface area contributed by atoms with E-state index < -0.39 is 11.2 Å². The lowest BCUT2D eigenvalue weighted by atomic mass is 9.73. The molecule has 3 aromatic rings. The van der Waals surface area contributed by atoms with Crippen LogP contribution in [0.25, 0.3) is 11.1 Å². The highest BCUT2D eigenvalue weighted by Crippen LogP contribution is 2.37. The summed E-state index contributed by atoms with van der Waals surface area (Å²) in [6, 6.07) is 13.2. The molecule has 0 saturated carbocycles. The van der Waals surface area contributed by atoms with Crippen molar-refractivity contribution in [1.82, 2.24) is 9.47 Å². The summed E-state index contributed by atoms with van der Waals surface area (Å²) in [6.07, 6.45) is 1.23. The van der Waals surface area contributed by atoms with Gasteiger partial charge >= 0.3 is 5.76 Å². The third-order valence-electron chi connectivity index (χ3n) is 5.87. The molecule has 1 fully saturated rings. The summed E-state index contributed by atoms with van der Waals surface area (Å²) in [7, 11) is 3.91. The Morgan fingerprint density at radius 2 is 1.87 bits per heavy atom. The maximum Gasteiger partial charge on any atom is 0.419 e. The molecule has 164 valence electrons. The van der Waals surface area contributed by atoms with Gasteiger partial charge < -0.3 is 19.4 Å². The zero-order valence-electron chi connectivity index (χ0n) is 17.7. The van der Waals surface area contributed by atoms with E-state index >= 15 is 0 Å². The molecule has 1 N–H and O–H groups in total. The van der Waals surface area contributed by atoms with E-state index in [9.17, 15) is 9.59 Å². The Morgan fingerprint density at radius 3 is 2.55 bits per heavy atom. The van der Waals surface area contributed by atoms with Gasteiger partial charge in [0.15, 0.2) is 5.58 Å². The first-order valence-electron chi connectivity index (χ1n) is 10.3. The van der Waals surface area contributed by atoms with Crippen molar-refractivity contribution in [2.24, 2.45) is 0 Å². The Morgan fingerprint density at radius 1 is 1.16 bits per heavy atom. The van der Waals surface area contributed by atoms with E-state index in [1.807, 2.05) is 49.3 Å². The predicted octanol–water partition coefficient (Wildman–Crippen LogP) is 3.61. The molecule has 1 aromatic heterocycles. The highest BCUT2D eigenvalue weighted by molar-refractivity contribution is 9.10. The van der Waals surface area contributed by atoms with Gasteiger partial charge in [-0.25, -0.2) is 4.79 Å². The van der Waals surface area contributed by atoms with Crippen LogP contribution in [0.1, 0.15) is 18.4 Å². The van der Waals surface area contributed by atoms with Crippen LogP contribution in [-0.2, 0) is 21.5 Å². The first-order chi connectivity index (χ1) is 14.9. The van der Waals surface area contributed by atoms with Crippen molar-refractivity contribution >= 4 is 38.6 Å². The van der Waals surface area contributed by atoms with Crippen molar-refractivity contribution in [1.29, 1.82) is 0 Å². The van der Waals surface area contributed by atoms with Crippen LogP contribution in [0, 0.1) is 0 Å². The molecule has 0 unspecified atom stereocenters. The van der Waals surface area contributed by atoms with E-state index in [0.29, 0.717) is 55.9 Å². The Kier molecular flexibility index (Phi) is 6.31. The van der Waals surface area contributed by atoms with Gasteiger partial charge in [0.05, 0.1) is 10.9 Å². The number of nitrogens with zero attached hydrogens (tertiary/aromatic N) is 2. The van der Waals surface area contributed by atoms with Gasteiger partial charge in [-0.05, 0) is 62.8 Å². The number of benzene rings is 2. The van der Waals surface area contributed by atoms with Crippen LogP contribution in [0.3, 0.4) is 0 Å².